The first-order chi connectivity index (χ1) is 17.6. The zero-order valence-electron chi connectivity index (χ0n) is 21.6. The van der Waals surface area contributed by atoms with E-state index in [1.807, 2.05) is 13.8 Å². The van der Waals surface area contributed by atoms with Gasteiger partial charge in [-0.15, -0.1) is 0 Å². The van der Waals surface area contributed by atoms with Gasteiger partial charge in [0.2, 0.25) is 0 Å². The fourth-order valence-corrected chi connectivity index (χ4v) is 5.29. The Morgan fingerprint density at radius 1 is 0.444 bits per heavy atom. The zero-order valence-corrected chi connectivity index (χ0v) is 21.6. The van der Waals surface area contributed by atoms with Crippen LogP contribution in [0.2, 0.25) is 0 Å². The molecule has 1 nitrogen and oxygen atoms in total. The summed E-state index contributed by atoms with van der Waals surface area (Å²) in [6, 6.07) is 45.8. The molecule has 0 fully saturated rings. The standard InChI is InChI=1S/C33H27N.C2H6/c1-33(2)31-16-10-9-15-29(31)30-22-21-28(23-32(30)33)34(26-13-7-4-8-14-26)27-19-17-25(18-20-27)24-11-5-3-6-12-24;1-2/h3-23H,1-2H3;1-2H3. The van der Waals surface area contributed by atoms with Gasteiger partial charge < -0.3 is 4.90 Å². The van der Waals surface area contributed by atoms with Gasteiger partial charge in [0, 0.05) is 22.5 Å². The van der Waals surface area contributed by atoms with Crippen LogP contribution in [0, 0.1) is 0 Å². The lowest BCUT2D eigenvalue weighted by Crippen LogP contribution is -2.16. The fraction of sp³-hybridized carbons (Fsp3) is 0.143. The van der Waals surface area contributed by atoms with E-state index in [-0.39, 0.29) is 5.41 Å². The lowest BCUT2D eigenvalue weighted by molar-refractivity contribution is 0.660. The van der Waals surface area contributed by atoms with Crippen LogP contribution in [-0.4, -0.2) is 0 Å². The van der Waals surface area contributed by atoms with Gasteiger partial charge in [0.1, 0.15) is 0 Å². The average Bonchev–Trinajstić information content (AvgIpc) is 3.18. The molecule has 6 rings (SSSR count). The predicted octanol–water partition coefficient (Wildman–Crippen LogP) is 10.2. The number of para-hydroxylation sites is 1. The number of nitrogens with zero attached hydrogens (tertiary/aromatic N) is 1. The summed E-state index contributed by atoms with van der Waals surface area (Å²) >= 11 is 0. The monoisotopic (exact) mass is 467 g/mol. The van der Waals surface area contributed by atoms with Crippen LogP contribution in [0.1, 0.15) is 38.8 Å². The number of anilines is 3. The average molecular weight is 468 g/mol. The van der Waals surface area contributed by atoms with Crippen LogP contribution in [0.15, 0.2) is 127 Å². The van der Waals surface area contributed by atoms with Crippen molar-refractivity contribution in [3.05, 3.63) is 139 Å². The molecule has 0 heterocycles. The molecule has 1 aliphatic rings. The summed E-state index contributed by atoms with van der Waals surface area (Å²) in [4.78, 5) is 2.36. The van der Waals surface area contributed by atoms with Crippen LogP contribution in [0.3, 0.4) is 0 Å². The molecule has 0 atom stereocenters. The van der Waals surface area contributed by atoms with Crippen molar-refractivity contribution in [3.63, 3.8) is 0 Å². The molecule has 5 aromatic carbocycles. The molecule has 0 aromatic heterocycles. The first-order valence-electron chi connectivity index (χ1n) is 12.9. The van der Waals surface area contributed by atoms with E-state index in [1.54, 1.807) is 0 Å². The third kappa shape index (κ3) is 4.12. The number of fused-ring (bicyclic) bond motifs is 3. The molecular formula is C35H33N. The highest BCUT2D eigenvalue weighted by Crippen LogP contribution is 2.50. The smallest absolute Gasteiger partial charge is 0.0465 e. The quantitative estimate of drug-likeness (QED) is 0.254. The Hall–Kier alpha value is -4.10. The maximum absolute atomic E-state index is 2.38. The van der Waals surface area contributed by atoms with Crippen molar-refractivity contribution in [1.29, 1.82) is 0 Å². The Bertz CT molecular complexity index is 1450. The van der Waals surface area contributed by atoms with E-state index in [2.05, 4.69) is 146 Å². The van der Waals surface area contributed by atoms with Crippen LogP contribution in [0.5, 0.6) is 0 Å². The second kappa shape index (κ2) is 9.87. The minimum atomic E-state index is -0.0263. The van der Waals surface area contributed by atoms with Crippen LogP contribution in [0.25, 0.3) is 22.3 Å². The number of hydrogen-bond donors (Lipinski definition) is 0. The molecule has 1 heteroatoms. The van der Waals surface area contributed by atoms with Gasteiger partial charge in [0.15, 0.2) is 0 Å². The molecule has 0 radical (unpaired) electrons. The van der Waals surface area contributed by atoms with Gasteiger partial charge >= 0.3 is 0 Å². The highest BCUT2D eigenvalue weighted by Gasteiger charge is 2.35. The maximum Gasteiger partial charge on any atom is 0.0465 e. The highest BCUT2D eigenvalue weighted by atomic mass is 15.1. The van der Waals surface area contributed by atoms with Crippen molar-refractivity contribution in [2.75, 3.05) is 4.90 Å². The molecule has 0 spiro atoms. The molecule has 1 aliphatic carbocycles. The summed E-state index contributed by atoms with van der Waals surface area (Å²) in [5, 5.41) is 0. The van der Waals surface area contributed by atoms with Gasteiger partial charge in [0.25, 0.3) is 0 Å². The van der Waals surface area contributed by atoms with Crippen LogP contribution >= 0.6 is 0 Å². The summed E-state index contributed by atoms with van der Waals surface area (Å²) in [6.07, 6.45) is 0. The van der Waals surface area contributed by atoms with Crippen LogP contribution in [0.4, 0.5) is 17.1 Å². The molecular weight excluding hydrogens is 434 g/mol. The van der Waals surface area contributed by atoms with Crippen molar-refractivity contribution in [1.82, 2.24) is 0 Å². The fourth-order valence-electron chi connectivity index (χ4n) is 5.29. The van der Waals surface area contributed by atoms with E-state index in [0.717, 1.165) is 11.4 Å². The molecule has 0 amide bonds. The van der Waals surface area contributed by atoms with Crippen molar-refractivity contribution < 1.29 is 0 Å². The Labute approximate surface area is 215 Å². The van der Waals surface area contributed by atoms with Crippen LogP contribution < -0.4 is 4.90 Å². The third-order valence-corrected chi connectivity index (χ3v) is 7.07. The summed E-state index contributed by atoms with van der Waals surface area (Å²) in [5.41, 5.74) is 11.4. The second-order valence-corrected chi connectivity index (χ2v) is 9.48. The van der Waals surface area contributed by atoms with Crippen molar-refractivity contribution in [3.8, 4) is 22.3 Å². The van der Waals surface area contributed by atoms with Gasteiger partial charge in [0.05, 0.1) is 0 Å². The third-order valence-electron chi connectivity index (χ3n) is 7.07. The van der Waals surface area contributed by atoms with E-state index in [9.17, 15) is 0 Å². The minimum Gasteiger partial charge on any atom is -0.310 e. The molecule has 5 aromatic rings. The van der Waals surface area contributed by atoms with Crippen LogP contribution in [-0.2, 0) is 5.41 Å². The van der Waals surface area contributed by atoms with Gasteiger partial charge in [-0.1, -0.05) is 119 Å². The minimum absolute atomic E-state index is 0.0263. The van der Waals surface area contributed by atoms with E-state index in [1.165, 1.54) is 39.1 Å². The van der Waals surface area contributed by atoms with E-state index < -0.39 is 0 Å². The van der Waals surface area contributed by atoms with E-state index in [4.69, 9.17) is 0 Å². The van der Waals surface area contributed by atoms with E-state index >= 15 is 0 Å². The molecule has 0 aliphatic heterocycles. The Morgan fingerprint density at radius 2 is 0.944 bits per heavy atom. The summed E-state index contributed by atoms with van der Waals surface area (Å²) in [6.45, 7) is 8.67. The molecule has 36 heavy (non-hydrogen) atoms. The molecule has 0 N–H and O–H groups in total. The maximum atomic E-state index is 2.38. The van der Waals surface area contributed by atoms with Crippen molar-refractivity contribution in [2.24, 2.45) is 0 Å². The molecule has 0 bridgehead atoms. The Kier molecular flexibility index (Phi) is 6.48. The Balaban J connectivity index is 0.00000130. The molecule has 0 unspecified atom stereocenters. The summed E-state index contributed by atoms with van der Waals surface area (Å²) < 4.78 is 0. The largest absolute Gasteiger partial charge is 0.310 e. The number of benzene rings is 5. The lowest BCUT2D eigenvalue weighted by atomic mass is 9.82. The number of hydrogen-bond acceptors (Lipinski definition) is 1. The van der Waals surface area contributed by atoms with Gasteiger partial charge in [-0.3, -0.25) is 0 Å². The van der Waals surface area contributed by atoms with E-state index in [0.29, 0.717) is 0 Å². The first kappa shape index (κ1) is 23.6. The predicted molar refractivity (Wildman–Crippen MR) is 155 cm³/mol. The normalized spacial score (nSPS) is 12.7. The zero-order chi connectivity index (χ0) is 25.1. The molecule has 178 valence electrons. The number of rotatable bonds is 4. The Morgan fingerprint density at radius 3 is 1.64 bits per heavy atom. The van der Waals surface area contributed by atoms with Crippen molar-refractivity contribution >= 4 is 17.1 Å². The SMILES string of the molecule is CC.CC1(C)c2ccccc2-c2ccc(N(c3ccccc3)c3ccc(-c4ccccc4)cc3)cc21. The van der Waals surface area contributed by atoms with Gasteiger partial charge in [-0.2, -0.15) is 0 Å². The lowest BCUT2D eigenvalue weighted by Gasteiger charge is -2.28. The summed E-state index contributed by atoms with van der Waals surface area (Å²) in [7, 11) is 0. The van der Waals surface area contributed by atoms with Gasteiger partial charge in [-0.25, -0.2) is 0 Å². The van der Waals surface area contributed by atoms with Gasteiger partial charge in [-0.05, 0) is 69.8 Å². The molecule has 0 saturated carbocycles. The molecule has 0 saturated heterocycles. The first-order valence-corrected chi connectivity index (χ1v) is 12.9. The second-order valence-electron chi connectivity index (χ2n) is 9.48. The highest BCUT2D eigenvalue weighted by molar-refractivity contribution is 5.85. The van der Waals surface area contributed by atoms with Crippen molar-refractivity contribution in [2.45, 2.75) is 33.1 Å². The topological polar surface area (TPSA) is 3.24 Å². The summed E-state index contributed by atoms with van der Waals surface area (Å²) in [5.74, 6) is 0.